The number of hydrogen-bond donors (Lipinski definition) is 12. The molecule has 6 heterocycles. The maximum Gasteiger partial charge on any atom is 0.335 e. The third kappa shape index (κ3) is 15.6. The molecule has 6 fully saturated rings. The molecule has 0 saturated carbocycles. The summed E-state index contributed by atoms with van der Waals surface area (Å²) < 4.78 is 53.0. The van der Waals surface area contributed by atoms with E-state index < -0.39 is 171 Å². The molecule has 428 valence electrons. The largest absolute Gasteiger partial charge is 0.479 e. The molecule has 6 rings (SSSR count). The van der Waals surface area contributed by atoms with Crippen LogP contribution in [0.1, 0.15) is 53.4 Å². The van der Waals surface area contributed by atoms with Gasteiger partial charge >= 0.3 is 17.9 Å². The number of aliphatic hydroxyl groups excluding tert-OH is 8. The molecule has 22 atom stereocenters. The van der Waals surface area contributed by atoms with Crippen molar-refractivity contribution in [2.45, 2.75) is 188 Å². The van der Waals surface area contributed by atoms with E-state index in [1.54, 1.807) is 13.8 Å². The second-order valence-corrected chi connectivity index (χ2v) is 18.2. The first-order valence-electron chi connectivity index (χ1n) is 23.8. The number of carbonyl (C=O) groups is 6. The fraction of sp³-hybridized carbons (Fsp3) is 0.864. The summed E-state index contributed by atoms with van der Waals surface area (Å²) in [4.78, 5) is 72.3. The number of carboxylic acid groups (broad SMARTS) is 1. The van der Waals surface area contributed by atoms with Crippen molar-refractivity contribution in [3.05, 3.63) is 0 Å². The molecule has 0 aromatic rings. The number of rotatable bonds is 14. The molecule has 30 heteroatoms. The van der Waals surface area contributed by atoms with Gasteiger partial charge in [0.2, 0.25) is 11.8 Å². The summed E-state index contributed by atoms with van der Waals surface area (Å²) in [5.74, 6) is -3.73. The number of ether oxygens (including phenoxy) is 10. The zero-order valence-electron chi connectivity index (χ0n) is 42.3. The first-order valence-corrected chi connectivity index (χ1v) is 23.8. The highest BCUT2D eigenvalue weighted by Crippen LogP contribution is 2.33. The topological polar surface area (TPSA) is 416 Å². The SMILES string of the molecule is COC(=O)C1CCCN1.COC(=O)C1CCCN1C(=O)C1OC(OC2C(O)C(CO)OC(C)C2NC(C)=O)C(O)C(O)C1OC.COC1C(C(=O)O)OC(OC2C(O)C(CO)OC(C)C2NC(C)=O)C(O)C1O.Cl. The van der Waals surface area contributed by atoms with Gasteiger partial charge in [0, 0.05) is 34.6 Å². The number of hydrogen-bond acceptors (Lipinski definition) is 25. The summed E-state index contributed by atoms with van der Waals surface area (Å²) in [6.07, 6.45) is -21.6. The predicted molar refractivity (Wildman–Crippen MR) is 247 cm³/mol. The van der Waals surface area contributed by atoms with Gasteiger partial charge in [0.05, 0.1) is 51.7 Å². The van der Waals surface area contributed by atoms with E-state index in [4.69, 9.17) is 42.6 Å². The van der Waals surface area contributed by atoms with Crippen LogP contribution in [0.2, 0.25) is 0 Å². The van der Waals surface area contributed by atoms with Crippen molar-refractivity contribution >= 4 is 48.0 Å². The smallest absolute Gasteiger partial charge is 0.335 e. The Balaban J connectivity index is 0.000000336. The maximum absolute atomic E-state index is 13.4. The van der Waals surface area contributed by atoms with Gasteiger partial charge in [-0.05, 0) is 46.1 Å². The molecule has 0 aromatic carbocycles. The molecule has 6 saturated heterocycles. The third-order valence-electron chi connectivity index (χ3n) is 13.3. The highest BCUT2D eigenvalue weighted by Gasteiger charge is 2.55. The number of aliphatic carboxylic acids is 1. The van der Waals surface area contributed by atoms with Gasteiger partial charge in [0.25, 0.3) is 5.91 Å². The van der Waals surface area contributed by atoms with Gasteiger partial charge in [0.1, 0.15) is 85.3 Å². The van der Waals surface area contributed by atoms with E-state index >= 15 is 0 Å². The molecule has 74 heavy (non-hydrogen) atoms. The lowest BCUT2D eigenvalue weighted by atomic mass is 9.92. The van der Waals surface area contributed by atoms with Crippen molar-refractivity contribution in [2.75, 3.05) is 54.7 Å². The highest BCUT2D eigenvalue weighted by atomic mass is 35.5. The first kappa shape index (κ1) is 64.7. The highest BCUT2D eigenvalue weighted by molar-refractivity contribution is 5.88. The molecule has 29 nitrogen and oxygen atoms in total. The molecular formula is C44H75ClN4O25. The molecule has 0 radical (unpaired) electrons. The van der Waals surface area contributed by atoms with Crippen molar-refractivity contribution in [2.24, 2.45) is 0 Å². The second-order valence-electron chi connectivity index (χ2n) is 18.2. The lowest BCUT2D eigenvalue weighted by molar-refractivity contribution is -0.327. The third-order valence-corrected chi connectivity index (χ3v) is 13.3. The number of likely N-dealkylation sites (tertiary alicyclic amines) is 1. The molecule has 6 aliphatic rings. The van der Waals surface area contributed by atoms with Crippen LogP contribution in [-0.4, -0.2) is 276 Å². The van der Waals surface area contributed by atoms with Crippen LogP contribution in [0, 0.1) is 0 Å². The first-order chi connectivity index (χ1) is 34.5. The van der Waals surface area contributed by atoms with E-state index in [-0.39, 0.29) is 31.0 Å². The number of nitrogens with one attached hydrogen (secondary N) is 3. The van der Waals surface area contributed by atoms with E-state index in [2.05, 4.69) is 20.7 Å². The number of carboxylic acids is 1. The average molecular weight is 1100 g/mol. The van der Waals surface area contributed by atoms with Crippen LogP contribution in [0.5, 0.6) is 0 Å². The molecule has 0 bridgehead atoms. The zero-order chi connectivity index (χ0) is 54.6. The van der Waals surface area contributed by atoms with Crippen molar-refractivity contribution in [3.8, 4) is 0 Å². The average Bonchev–Trinajstić information content (AvgIpc) is 4.09. The minimum Gasteiger partial charge on any atom is -0.479 e. The molecule has 22 unspecified atom stereocenters. The van der Waals surface area contributed by atoms with E-state index in [9.17, 15) is 74.7 Å². The fourth-order valence-corrected chi connectivity index (χ4v) is 9.50. The summed E-state index contributed by atoms with van der Waals surface area (Å²) >= 11 is 0. The number of nitrogens with zero attached hydrogens (tertiary/aromatic N) is 1. The Kier molecular flexibility index (Phi) is 26.1. The van der Waals surface area contributed by atoms with Crippen LogP contribution >= 0.6 is 12.4 Å². The van der Waals surface area contributed by atoms with Gasteiger partial charge in [-0.15, -0.1) is 12.4 Å². The van der Waals surface area contributed by atoms with E-state index in [0.29, 0.717) is 12.8 Å². The summed E-state index contributed by atoms with van der Waals surface area (Å²) in [6.45, 7) is 5.79. The van der Waals surface area contributed by atoms with Crippen molar-refractivity contribution in [3.63, 3.8) is 0 Å². The lowest BCUT2D eigenvalue weighted by Crippen LogP contribution is -2.68. The summed E-state index contributed by atoms with van der Waals surface area (Å²) in [5.41, 5.74) is 0. The maximum atomic E-state index is 13.4. The fourth-order valence-electron chi connectivity index (χ4n) is 9.50. The summed E-state index contributed by atoms with van der Waals surface area (Å²) in [7, 11) is 5.02. The molecule has 3 amide bonds. The number of aliphatic hydroxyl groups is 8. The van der Waals surface area contributed by atoms with Gasteiger partial charge in [-0.2, -0.15) is 0 Å². The Morgan fingerprint density at radius 3 is 1.43 bits per heavy atom. The Morgan fingerprint density at radius 2 is 1.05 bits per heavy atom. The van der Waals surface area contributed by atoms with Crippen molar-refractivity contribution < 1.29 is 122 Å². The van der Waals surface area contributed by atoms with Gasteiger partial charge in [-0.3, -0.25) is 19.2 Å². The van der Waals surface area contributed by atoms with Crippen LogP contribution in [0.3, 0.4) is 0 Å². The molecular weight excluding hydrogens is 1020 g/mol. The minimum atomic E-state index is -1.70. The number of esters is 2. The molecule has 12 N–H and O–H groups in total. The molecule has 0 aliphatic carbocycles. The quantitative estimate of drug-likeness (QED) is 0.0720. The Bertz CT molecular complexity index is 1820. The summed E-state index contributed by atoms with van der Waals surface area (Å²) in [5, 5.41) is 99.7. The van der Waals surface area contributed by atoms with Gasteiger partial charge in [-0.1, -0.05) is 0 Å². The van der Waals surface area contributed by atoms with Crippen LogP contribution in [0.4, 0.5) is 0 Å². The lowest BCUT2D eigenvalue weighted by Gasteiger charge is -2.47. The van der Waals surface area contributed by atoms with E-state index in [1.165, 1.54) is 40.1 Å². The van der Waals surface area contributed by atoms with Gasteiger partial charge in [0.15, 0.2) is 24.8 Å². The van der Waals surface area contributed by atoms with Crippen molar-refractivity contribution in [1.29, 1.82) is 0 Å². The molecule has 6 aliphatic heterocycles. The minimum absolute atomic E-state index is 0. The number of methoxy groups -OCH3 is 4. The van der Waals surface area contributed by atoms with E-state index in [1.807, 2.05) is 0 Å². The van der Waals surface area contributed by atoms with E-state index in [0.717, 1.165) is 26.5 Å². The normalized spacial score (nSPS) is 39.9. The number of amides is 3. The monoisotopic (exact) mass is 1090 g/mol. The molecule has 0 aromatic heterocycles. The zero-order valence-corrected chi connectivity index (χ0v) is 43.1. The second kappa shape index (κ2) is 29.8. The van der Waals surface area contributed by atoms with Crippen molar-refractivity contribution in [1.82, 2.24) is 20.9 Å². The van der Waals surface area contributed by atoms with Gasteiger partial charge < -0.3 is 114 Å². The van der Waals surface area contributed by atoms with Gasteiger partial charge in [-0.25, -0.2) is 9.59 Å². The number of carbonyl (C=O) groups excluding carboxylic acids is 5. The predicted octanol–water partition coefficient (Wildman–Crippen LogP) is -6.46. The Hall–Kier alpha value is -3.57. The van der Waals surface area contributed by atoms with Crippen LogP contribution in [0.15, 0.2) is 0 Å². The van der Waals surface area contributed by atoms with Crippen LogP contribution in [-0.2, 0) is 76.1 Å². The molecule has 0 spiro atoms. The number of halogens is 1. The van der Waals surface area contributed by atoms with Crippen LogP contribution in [0.25, 0.3) is 0 Å². The Morgan fingerprint density at radius 1 is 0.608 bits per heavy atom. The summed E-state index contributed by atoms with van der Waals surface area (Å²) in [6, 6.07) is -2.67. The Labute approximate surface area is 432 Å². The van der Waals surface area contributed by atoms with Crippen LogP contribution < -0.4 is 16.0 Å². The standard InChI is InChI=1S/C22H36N2O12.C16H27NO11.C6H11NO2.ClH/c1-9-13(23-10(2)26)17(14(27)12(8-25)34-9)35-22-16(29)15(28)18(32-3)19(36-22)20(30)24-7-5-6-11(24)21(31)33-4;1-5-8(17-6(2)19)12(9(20)7(4-18)26-5)27-16-11(22)10(21)13(25-3)14(28-16)15(23)24;1-9-6(8)5-3-2-4-7-5;/h9,11-19,22,25,27-29H,5-8H2,1-4H3,(H,23,26);5,7-14,16,18,20-22H,4H2,1-3H3,(H,17,19)(H,23,24);5,7H,2-4H2,1H3;1H.